The first kappa shape index (κ1) is 44.5. The number of allylic oxidation sites excluding steroid dienone is 1. The first-order valence-corrected chi connectivity index (χ1v) is 18.5. The Labute approximate surface area is 301 Å². The number of benzene rings is 1. The summed E-state index contributed by atoms with van der Waals surface area (Å²) in [6.45, 7) is 10.3. The highest BCUT2D eigenvalue weighted by Crippen LogP contribution is 2.29. The van der Waals surface area contributed by atoms with Crippen LogP contribution in [-0.4, -0.2) is 64.1 Å². The molecule has 9 heteroatoms. The second-order valence-electron chi connectivity index (χ2n) is 13.9. The zero-order valence-electron chi connectivity index (χ0n) is 31.5. The Morgan fingerprint density at radius 2 is 1.54 bits per heavy atom. The number of ketones is 2. The standard InChI is InChI=1S/C41H63NO8/c1-7-10-12-15-18-21-33(44)22-19-16-13-14-17-20-23-35(41(48,28-29-43)39(47)50-40(4,5)6)38(46)42-36(37(45)9-3)31-32-24-26-34(27-25-32)49-30-11-8-2/h20,23-27,35-36,43,48H,7,9-10,12-19,21-22,28-31H2,1-6H3,(H,42,46)/b23-20+/t35-,36+,41+/m1/s1. The molecule has 1 aromatic carbocycles. The quantitative estimate of drug-likeness (QED) is 0.0408. The van der Waals surface area contributed by atoms with Gasteiger partial charge in [0.2, 0.25) is 5.91 Å². The molecule has 1 amide bonds. The number of unbranched alkanes of at least 4 members (excludes halogenated alkanes) is 8. The average molecular weight is 698 g/mol. The van der Waals surface area contributed by atoms with Gasteiger partial charge in [0.1, 0.15) is 23.7 Å². The summed E-state index contributed by atoms with van der Waals surface area (Å²) in [5.74, 6) is 3.16. The zero-order chi connectivity index (χ0) is 37.4. The third kappa shape index (κ3) is 18.0. The number of Topliss-reactive ketones (excluding diaryl/α,β-unsaturated/α-hetero) is 2. The van der Waals surface area contributed by atoms with Crippen molar-refractivity contribution in [1.82, 2.24) is 5.32 Å². The van der Waals surface area contributed by atoms with Crippen molar-refractivity contribution in [3.63, 3.8) is 0 Å². The number of rotatable bonds is 26. The van der Waals surface area contributed by atoms with Crippen LogP contribution in [0, 0.1) is 17.8 Å². The molecular formula is C41H63NO8. The molecule has 0 bridgehead atoms. The highest BCUT2D eigenvalue weighted by molar-refractivity contribution is 5.94. The molecule has 0 aliphatic carbocycles. The van der Waals surface area contributed by atoms with Gasteiger partial charge in [0.25, 0.3) is 0 Å². The van der Waals surface area contributed by atoms with Crippen LogP contribution < -0.4 is 10.1 Å². The lowest BCUT2D eigenvalue weighted by atomic mass is 9.82. The summed E-state index contributed by atoms with van der Waals surface area (Å²) >= 11 is 0. The van der Waals surface area contributed by atoms with Crippen LogP contribution in [0.5, 0.6) is 5.75 Å². The Morgan fingerprint density at radius 3 is 2.10 bits per heavy atom. The lowest BCUT2D eigenvalue weighted by Gasteiger charge is -2.34. The van der Waals surface area contributed by atoms with E-state index >= 15 is 0 Å². The van der Waals surface area contributed by atoms with Crippen molar-refractivity contribution in [2.24, 2.45) is 5.92 Å². The van der Waals surface area contributed by atoms with Crippen molar-refractivity contribution in [2.75, 3.05) is 13.2 Å². The van der Waals surface area contributed by atoms with Crippen LogP contribution in [0.3, 0.4) is 0 Å². The Morgan fingerprint density at radius 1 is 0.920 bits per heavy atom. The van der Waals surface area contributed by atoms with Crippen molar-refractivity contribution >= 4 is 23.4 Å². The van der Waals surface area contributed by atoms with Crippen LogP contribution >= 0.6 is 0 Å². The monoisotopic (exact) mass is 697 g/mol. The number of carbonyl (C=O) groups excluding carboxylic acids is 4. The molecule has 0 aliphatic rings. The number of hydrogen-bond acceptors (Lipinski definition) is 8. The van der Waals surface area contributed by atoms with Crippen LogP contribution in [-0.2, 0) is 30.3 Å². The number of ether oxygens (including phenoxy) is 2. The summed E-state index contributed by atoms with van der Waals surface area (Å²) in [6, 6.07) is 6.23. The van der Waals surface area contributed by atoms with Gasteiger partial charge in [-0.2, -0.15) is 0 Å². The average Bonchev–Trinajstić information content (AvgIpc) is 3.06. The highest BCUT2D eigenvalue weighted by Gasteiger charge is 2.49. The lowest BCUT2D eigenvalue weighted by molar-refractivity contribution is -0.185. The van der Waals surface area contributed by atoms with E-state index in [1.165, 1.54) is 25.3 Å². The molecule has 0 saturated carbocycles. The molecule has 0 aliphatic heterocycles. The summed E-state index contributed by atoms with van der Waals surface area (Å²) in [5, 5.41) is 24.4. The van der Waals surface area contributed by atoms with Gasteiger partial charge in [0.05, 0.1) is 12.0 Å². The molecule has 0 saturated heterocycles. The molecule has 0 spiro atoms. The van der Waals surface area contributed by atoms with Gasteiger partial charge >= 0.3 is 5.97 Å². The number of nitrogens with one attached hydrogen (secondary N) is 1. The SMILES string of the molecule is CC#CCOc1ccc(C[C@H](NC(=O)[C@@H](/C=C/CCCCCCC(=O)CCCCCCC)[C@@](O)(CCO)C(=O)OC(C)(C)C)C(=O)CC)cc1. The molecule has 0 unspecified atom stereocenters. The Balaban J connectivity index is 3.03. The molecule has 280 valence electrons. The largest absolute Gasteiger partial charge is 0.481 e. The second kappa shape index (κ2) is 24.6. The fraction of sp³-hybridized carbons (Fsp3) is 0.659. The lowest BCUT2D eigenvalue weighted by Crippen LogP contribution is -2.56. The van der Waals surface area contributed by atoms with E-state index < -0.39 is 48.1 Å². The Kier molecular flexibility index (Phi) is 21.9. The maximum Gasteiger partial charge on any atom is 0.339 e. The van der Waals surface area contributed by atoms with Gasteiger partial charge in [-0.1, -0.05) is 82.6 Å². The fourth-order valence-electron chi connectivity index (χ4n) is 5.51. The molecule has 9 nitrogen and oxygen atoms in total. The van der Waals surface area contributed by atoms with E-state index in [9.17, 15) is 29.4 Å². The molecular weight excluding hydrogens is 634 g/mol. The van der Waals surface area contributed by atoms with Crippen molar-refractivity contribution in [3.05, 3.63) is 42.0 Å². The summed E-state index contributed by atoms with van der Waals surface area (Å²) in [5.41, 5.74) is -2.55. The van der Waals surface area contributed by atoms with Gasteiger partial charge in [-0.05, 0) is 77.5 Å². The van der Waals surface area contributed by atoms with Crippen LogP contribution in [0.2, 0.25) is 0 Å². The van der Waals surface area contributed by atoms with E-state index in [1.54, 1.807) is 52.8 Å². The number of aliphatic hydroxyl groups is 2. The van der Waals surface area contributed by atoms with Crippen molar-refractivity contribution in [3.8, 4) is 17.6 Å². The topological polar surface area (TPSA) is 139 Å². The van der Waals surface area contributed by atoms with Crippen LogP contribution in [0.1, 0.15) is 137 Å². The van der Waals surface area contributed by atoms with Gasteiger partial charge in [0.15, 0.2) is 11.4 Å². The Hall–Kier alpha value is -3.48. The van der Waals surface area contributed by atoms with Crippen LogP contribution in [0.25, 0.3) is 0 Å². The molecule has 3 N–H and O–H groups in total. The van der Waals surface area contributed by atoms with E-state index in [0.29, 0.717) is 30.8 Å². The number of aliphatic hydroxyl groups excluding tert-OH is 1. The van der Waals surface area contributed by atoms with Crippen molar-refractivity contribution < 1.29 is 38.9 Å². The minimum atomic E-state index is -2.38. The third-order valence-electron chi connectivity index (χ3n) is 8.41. The van der Waals surface area contributed by atoms with Gasteiger partial charge in [-0.15, -0.1) is 5.92 Å². The number of amides is 1. The van der Waals surface area contributed by atoms with Gasteiger partial charge in [-0.25, -0.2) is 4.79 Å². The normalized spacial score (nSPS) is 13.8. The van der Waals surface area contributed by atoms with E-state index in [0.717, 1.165) is 44.1 Å². The summed E-state index contributed by atoms with van der Waals surface area (Å²) in [4.78, 5) is 52.5. The van der Waals surface area contributed by atoms with E-state index in [1.807, 2.05) is 12.1 Å². The molecule has 0 fully saturated rings. The highest BCUT2D eigenvalue weighted by atomic mass is 16.6. The third-order valence-corrected chi connectivity index (χ3v) is 8.41. The first-order chi connectivity index (χ1) is 23.8. The van der Waals surface area contributed by atoms with Gasteiger partial charge in [-0.3, -0.25) is 14.4 Å². The molecule has 50 heavy (non-hydrogen) atoms. The maximum absolute atomic E-state index is 13.9. The summed E-state index contributed by atoms with van der Waals surface area (Å²) in [7, 11) is 0. The van der Waals surface area contributed by atoms with E-state index in [4.69, 9.17) is 9.47 Å². The minimum Gasteiger partial charge on any atom is -0.481 e. The smallest absolute Gasteiger partial charge is 0.339 e. The zero-order valence-corrected chi connectivity index (χ0v) is 31.5. The van der Waals surface area contributed by atoms with E-state index in [-0.39, 0.29) is 25.2 Å². The van der Waals surface area contributed by atoms with Gasteiger partial charge in [0, 0.05) is 32.3 Å². The number of carbonyl (C=O) groups is 4. The minimum absolute atomic E-state index is 0.167. The second-order valence-corrected chi connectivity index (χ2v) is 13.9. The predicted octanol–water partition coefficient (Wildman–Crippen LogP) is 6.99. The van der Waals surface area contributed by atoms with Crippen LogP contribution in [0.4, 0.5) is 0 Å². The molecule has 1 aromatic rings. The number of esters is 1. The molecule has 3 atom stereocenters. The molecule has 0 radical (unpaired) electrons. The molecule has 1 rings (SSSR count). The number of hydrogen-bond donors (Lipinski definition) is 3. The summed E-state index contributed by atoms with van der Waals surface area (Å²) in [6.07, 6.45) is 14.1. The Bertz CT molecular complexity index is 1250. The molecule has 0 aromatic heterocycles. The van der Waals surface area contributed by atoms with Gasteiger partial charge < -0.3 is 25.0 Å². The fourth-order valence-corrected chi connectivity index (χ4v) is 5.51. The van der Waals surface area contributed by atoms with Crippen LogP contribution in [0.15, 0.2) is 36.4 Å². The predicted molar refractivity (Wildman–Crippen MR) is 198 cm³/mol. The van der Waals surface area contributed by atoms with Crippen molar-refractivity contribution in [2.45, 2.75) is 155 Å². The van der Waals surface area contributed by atoms with E-state index in [2.05, 4.69) is 24.1 Å². The van der Waals surface area contributed by atoms with Crippen molar-refractivity contribution in [1.29, 1.82) is 0 Å². The first-order valence-electron chi connectivity index (χ1n) is 18.5. The molecule has 0 heterocycles. The maximum atomic E-state index is 13.9. The summed E-state index contributed by atoms with van der Waals surface area (Å²) < 4.78 is 11.1.